The average molecular weight is 221 g/mol. The monoisotopic (exact) mass is 221 g/mol. The van der Waals surface area contributed by atoms with Crippen molar-refractivity contribution in [3.05, 3.63) is 27.9 Å². The van der Waals surface area contributed by atoms with Crippen LogP contribution in [0.2, 0.25) is 0 Å². The Hall–Kier alpha value is -1.65. The molecule has 0 aromatic carbocycles. The van der Waals surface area contributed by atoms with Crippen LogP contribution in [0.15, 0.2) is 12.3 Å². The summed E-state index contributed by atoms with van der Waals surface area (Å²) in [6.07, 6.45) is 3.84. The molecular weight excluding hydrogens is 206 g/mol. The Morgan fingerprint density at radius 2 is 2.31 bits per heavy atom. The van der Waals surface area contributed by atoms with E-state index >= 15 is 0 Å². The van der Waals surface area contributed by atoms with Crippen molar-refractivity contribution in [1.29, 1.82) is 0 Å². The summed E-state index contributed by atoms with van der Waals surface area (Å²) in [6.45, 7) is 3.85. The maximum Gasteiger partial charge on any atom is 0.290 e. The molecule has 1 unspecified atom stereocenters. The van der Waals surface area contributed by atoms with Crippen molar-refractivity contribution in [3.63, 3.8) is 0 Å². The van der Waals surface area contributed by atoms with Crippen LogP contribution in [0.3, 0.4) is 0 Å². The number of nitro groups is 1. The van der Waals surface area contributed by atoms with Crippen LogP contribution in [-0.4, -0.2) is 15.9 Å². The molecule has 1 N–H and O–H groups in total. The zero-order chi connectivity index (χ0) is 11.7. The lowest BCUT2D eigenvalue weighted by Gasteiger charge is -2.13. The number of pyridine rings is 1. The zero-order valence-electron chi connectivity index (χ0n) is 9.43. The second kappa shape index (κ2) is 4.08. The largest absolute Gasteiger partial charge is 0.367 e. The van der Waals surface area contributed by atoms with Gasteiger partial charge in [0.15, 0.2) is 0 Å². The predicted molar refractivity (Wildman–Crippen MR) is 61.4 cm³/mol. The van der Waals surface area contributed by atoms with Crippen molar-refractivity contribution in [1.82, 2.24) is 4.98 Å². The van der Waals surface area contributed by atoms with Gasteiger partial charge in [-0.2, -0.15) is 0 Å². The molecule has 2 rings (SSSR count). The maximum absolute atomic E-state index is 10.6. The number of nitrogens with one attached hydrogen (secondary N) is 1. The Balaban J connectivity index is 2.10. The van der Waals surface area contributed by atoms with E-state index in [1.807, 2.05) is 0 Å². The summed E-state index contributed by atoms with van der Waals surface area (Å²) >= 11 is 0. The van der Waals surface area contributed by atoms with Gasteiger partial charge in [0.05, 0.1) is 4.92 Å². The number of rotatable bonds is 4. The highest BCUT2D eigenvalue weighted by Crippen LogP contribution is 2.34. The highest BCUT2D eigenvalue weighted by Gasteiger charge is 2.28. The molecule has 0 radical (unpaired) electrons. The van der Waals surface area contributed by atoms with Crippen molar-refractivity contribution < 1.29 is 4.92 Å². The molecule has 0 aliphatic heterocycles. The molecular formula is C11H15N3O2. The zero-order valence-corrected chi connectivity index (χ0v) is 9.43. The first-order valence-electron chi connectivity index (χ1n) is 5.45. The van der Waals surface area contributed by atoms with Crippen molar-refractivity contribution >= 4 is 11.5 Å². The van der Waals surface area contributed by atoms with Gasteiger partial charge in [0, 0.05) is 11.6 Å². The van der Waals surface area contributed by atoms with Crippen LogP contribution in [0.5, 0.6) is 0 Å². The topological polar surface area (TPSA) is 68.1 Å². The Labute approximate surface area is 94.0 Å². The lowest BCUT2D eigenvalue weighted by atomic mass is 10.2. The summed E-state index contributed by atoms with van der Waals surface area (Å²) in [4.78, 5) is 14.3. The Morgan fingerprint density at radius 1 is 1.62 bits per heavy atom. The quantitative estimate of drug-likeness (QED) is 0.626. The number of anilines is 1. The first kappa shape index (κ1) is 10.9. The third kappa shape index (κ3) is 2.29. The van der Waals surface area contributed by atoms with Gasteiger partial charge in [-0.15, -0.1) is 0 Å². The molecule has 1 aromatic rings. The second-order valence-electron chi connectivity index (χ2n) is 4.38. The van der Waals surface area contributed by atoms with Crippen LogP contribution < -0.4 is 5.32 Å². The smallest absolute Gasteiger partial charge is 0.290 e. The molecule has 0 saturated heterocycles. The van der Waals surface area contributed by atoms with E-state index in [4.69, 9.17) is 0 Å². The van der Waals surface area contributed by atoms with Gasteiger partial charge in [0.1, 0.15) is 12.0 Å². The highest BCUT2D eigenvalue weighted by atomic mass is 16.6. The van der Waals surface area contributed by atoms with Crippen LogP contribution >= 0.6 is 0 Å². The van der Waals surface area contributed by atoms with E-state index in [2.05, 4.69) is 17.2 Å². The highest BCUT2D eigenvalue weighted by molar-refractivity contribution is 5.47. The van der Waals surface area contributed by atoms with Crippen molar-refractivity contribution in [2.24, 2.45) is 5.92 Å². The minimum atomic E-state index is -0.406. The summed E-state index contributed by atoms with van der Waals surface area (Å²) in [5.41, 5.74) is 0.718. The molecule has 1 atom stereocenters. The van der Waals surface area contributed by atoms with Crippen LogP contribution in [0, 0.1) is 23.0 Å². The van der Waals surface area contributed by atoms with Crippen LogP contribution in [0.1, 0.15) is 25.3 Å². The first-order valence-corrected chi connectivity index (χ1v) is 5.45. The SMILES string of the molecule is Cc1cc(NC(C)C2CC2)ncc1[N+](=O)[O-]. The van der Waals surface area contributed by atoms with Gasteiger partial charge in [-0.05, 0) is 38.7 Å². The number of nitrogens with zero attached hydrogens (tertiary/aromatic N) is 2. The molecule has 1 saturated carbocycles. The molecule has 16 heavy (non-hydrogen) atoms. The molecule has 86 valence electrons. The van der Waals surface area contributed by atoms with E-state index in [0.29, 0.717) is 11.6 Å². The van der Waals surface area contributed by atoms with Gasteiger partial charge >= 0.3 is 0 Å². The summed E-state index contributed by atoms with van der Waals surface area (Å²) in [5.74, 6) is 1.46. The van der Waals surface area contributed by atoms with E-state index < -0.39 is 4.92 Å². The van der Waals surface area contributed by atoms with Crippen LogP contribution in [0.4, 0.5) is 11.5 Å². The van der Waals surface area contributed by atoms with Gasteiger partial charge < -0.3 is 5.32 Å². The van der Waals surface area contributed by atoms with Crippen molar-refractivity contribution in [2.45, 2.75) is 32.7 Å². The minimum Gasteiger partial charge on any atom is -0.367 e. The fourth-order valence-electron chi connectivity index (χ4n) is 1.77. The van der Waals surface area contributed by atoms with Crippen LogP contribution in [-0.2, 0) is 0 Å². The Morgan fingerprint density at radius 3 is 2.81 bits per heavy atom. The summed E-state index contributed by atoms with van der Waals surface area (Å²) in [5, 5.41) is 13.9. The third-order valence-electron chi connectivity index (χ3n) is 2.98. The van der Waals surface area contributed by atoms with Crippen molar-refractivity contribution in [3.8, 4) is 0 Å². The number of aromatic nitrogens is 1. The van der Waals surface area contributed by atoms with Crippen LogP contribution in [0.25, 0.3) is 0 Å². The lowest BCUT2D eigenvalue weighted by molar-refractivity contribution is -0.385. The average Bonchev–Trinajstić information content (AvgIpc) is 2.99. The van der Waals surface area contributed by atoms with E-state index in [1.165, 1.54) is 19.0 Å². The van der Waals surface area contributed by atoms with Gasteiger partial charge in [-0.25, -0.2) is 4.98 Å². The van der Waals surface area contributed by atoms with E-state index in [0.717, 1.165) is 11.7 Å². The fourth-order valence-corrected chi connectivity index (χ4v) is 1.77. The third-order valence-corrected chi connectivity index (χ3v) is 2.98. The van der Waals surface area contributed by atoms with E-state index in [-0.39, 0.29) is 5.69 Å². The molecule has 5 heteroatoms. The molecule has 1 fully saturated rings. The summed E-state index contributed by atoms with van der Waals surface area (Å²) < 4.78 is 0. The standard InChI is InChI=1S/C11H15N3O2/c1-7-5-11(12-6-10(7)14(15)16)13-8(2)9-3-4-9/h5-6,8-9H,3-4H2,1-2H3,(H,12,13). The molecule has 5 nitrogen and oxygen atoms in total. The number of hydrogen-bond donors (Lipinski definition) is 1. The second-order valence-corrected chi connectivity index (χ2v) is 4.38. The Bertz CT molecular complexity index is 416. The molecule has 1 heterocycles. The minimum absolute atomic E-state index is 0.0737. The van der Waals surface area contributed by atoms with Gasteiger partial charge in [0.2, 0.25) is 0 Å². The first-order chi connectivity index (χ1) is 7.58. The van der Waals surface area contributed by atoms with Gasteiger partial charge in [-0.3, -0.25) is 10.1 Å². The van der Waals surface area contributed by atoms with E-state index in [1.54, 1.807) is 13.0 Å². The lowest BCUT2D eigenvalue weighted by Crippen LogP contribution is -2.18. The van der Waals surface area contributed by atoms with Gasteiger partial charge in [0.25, 0.3) is 5.69 Å². The number of aryl methyl sites for hydroxylation is 1. The summed E-state index contributed by atoms with van der Waals surface area (Å²) in [6, 6.07) is 2.13. The molecule has 0 bridgehead atoms. The normalized spacial score (nSPS) is 16.9. The molecule has 0 amide bonds. The molecule has 1 aliphatic rings. The molecule has 1 aliphatic carbocycles. The Kier molecular flexibility index (Phi) is 2.77. The maximum atomic E-state index is 10.6. The summed E-state index contributed by atoms with van der Waals surface area (Å²) in [7, 11) is 0. The fraction of sp³-hybridized carbons (Fsp3) is 0.545. The van der Waals surface area contributed by atoms with Crippen molar-refractivity contribution in [2.75, 3.05) is 5.32 Å². The molecule has 0 spiro atoms. The molecule has 1 aromatic heterocycles. The van der Waals surface area contributed by atoms with Gasteiger partial charge in [-0.1, -0.05) is 0 Å². The number of hydrogen-bond acceptors (Lipinski definition) is 4. The predicted octanol–water partition coefficient (Wildman–Crippen LogP) is 2.51. The van der Waals surface area contributed by atoms with E-state index in [9.17, 15) is 10.1 Å².